The summed E-state index contributed by atoms with van der Waals surface area (Å²) < 4.78 is 5.83. The molecule has 0 bridgehead atoms. The molecule has 0 saturated carbocycles. The standard InChI is InChI=1S/C13H14BrNO2/c1-10(14)9-15-13(16)7-6-11-4-3-5-12(8-11)17-2/h3-8H,1,9H2,2H3,(H,15,16)/b7-6+. The molecule has 0 heterocycles. The lowest BCUT2D eigenvalue weighted by Gasteiger charge is -2.01. The minimum absolute atomic E-state index is 0.159. The number of rotatable bonds is 5. The zero-order chi connectivity index (χ0) is 12.7. The number of carbonyl (C=O) groups is 1. The summed E-state index contributed by atoms with van der Waals surface area (Å²) in [6.07, 6.45) is 3.21. The van der Waals surface area contributed by atoms with Gasteiger partial charge in [-0.15, -0.1) is 0 Å². The molecule has 0 saturated heterocycles. The highest BCUT2D eigenvalue weighted by molar-refractivity contribution is 9.11. The number of amides is 1. The number of methoxy groups -OCH3 is 1. The van der Waals surface area contributed by atoms with Crippen LogP contribution >= 0.6 is 15.9 Å². The van der Waals surface area contributed by atoms with Crippen LogP contribution in [0.5, 0.6) is 5.75 Å². The first-order chi connectivity index (χ1) is 8.11. The number of benzene rings is 1. The van der Waals surface area contributed by atoms with Gasteiger partial charge in [0.2, 0.25) is 5.91 Å². The fourth-order valence-electron chi connectivity index (χ4n) is 1.16. The van der Waals surface area contributed by atoms with E-state index in [4.69, 9.17) is 4.74 Å². The fraction of sp³-hybridized carbons (Fsp3) is 0.154. The van der Waals surface area contributed by atoms with Gasteiger partial charge in [-0.2, -0.15) is 0 Å². The van der Waals surface area contributed by atoms with E-state index in [1.165, 1.54) is 6.08 Å². The SMILES string of the molecule is C=C(Br)CNC(=O)/C=C/c1cccc(OC)c1. The third kappa shape index (κ3) is 5.36. The van der Waals surface area contributed by atoms with E-state index in [-0.39, 0.29) is 5.91 Å². The molecule has 1 rings (SSSR count). The van der Waals surface area contributed by atoms with E-state index >= 15 is 0 Å². The van der Waals surface area contributed by atoms with E-state index in [9.17, 15) is 4.79 Å². The van der Waals surface area contributed by atoms with Crippen LogP contribution in [0.2, 0.25) is 0 Å². The molecule has 0 atom stereocenters. The Bertz CT molecular complexity index is 441. The second-order valence-corrected chi connectivity index (χ2v) is 4.47. The van der Waals surface area contributed by atoms with Crippen molar-refractivity contribution < 1.29 is 9.53 Å². The number of carbonyl (C=O) groups excluding carboxylic acids is 1. The third-order valence-corrected chi connectivity index (χ3v) is 2.26. The molecule has 0 aliphatic rings. The molecule has 0 spiro atoms. The first-order valence-corrected chi connectivity index (χ1v) is 5.84. The molecule has 4 heteroatoms. The Morgan fingerprint density at radius 1 is 1.59 bits per heavy atom. The molecule has 1 aromatic carbocycles. The first-order valence-electron chi connectivity index (χ1n) is 5.05. The van der Waals surface area contributed by atoms with Crippen molar-refractivity contribution in [1.29, 1.82) is 0 Å². The summed E-state index contributed by atoms with van der Waals surface area (Å²) in [5, 5.41) is 2.68. The highest BCUT2D eigenvalue weighted by atomic mass is 79.9. The van der Waals surface area contributed by atoms with Crippen LogP contribution < -0.4 is 10.1 Å². The fourth-order valence-corrected chi connectivity index (χ4v) is 1.30. The average molecular weight is 296 g/mol. The van der Waals surface area contributed by atoms with Crippen LogP contribution in [-0.4, -0.2) is 19.6 Å². The summed E-state index contributed by atoms with van der Waals surface area (Å²) >= 11 is 3.17. The van der Waals surface area contributed by atoms with Crippen molar-refractivity contribution in [3.63, 3.8) is 0 Å². The topological polar surface area (TPSA) is 38.3 Å². The van der Waals surface area contributed by atoms with Gasteiger partial charge in [0.1, 0.15) is 5.75 Å². The van der Waals surface area contributed by atoms with E-state index in [2.05, 4.69) is 27.8 Å². The van der Waals surface area contributed by atoms with E-state index in [1.807, 2.05) is 24.3 Å². The predicted molar refractivity (Wildman–Crippen MR) is 73.1 cm³/mol. The highest BCUT2D eigenvalue weighted by Gasteiger charge is 1.96. The van der Waals surface area contributed by atoms with E-state index in [0.29, 0.717) is 6.54 Å². The van der Waals surface area contributed by atoms with Gasteiger partial charge >= 0.3 is 0 Å². The first kappa shape index (κ1) is 13.5. The van der Waals surface area contributed by atoms with Gasteiger partial charge < -0.3 is 10.1 Å². The number of hydrogen-bond donors (Lipinski definition) is 1. The monoisotopic (exact) mass is 295 g/mol. The lowest BCUT2D eigenvalue weighted by atomic mass is 10.2. The van der Waals surface area contributed by atoms with Crippen molar-refractivity contribution in [3.05, 3.63) is 47.0 Å². The maximum Gasteiger partial charge on any atom is 0.244 e. The van der Waals surface area contributed by atoms with Crippen LogP contribution in [0.15, 0.2) is 41.4 Å². The van der Waals surface area contributed by atoms with Gasteiger partial charge in [0.15, 0.2) is 0 Å². The quantitative estimate of drug-likeness (QED) is 0.848. The van der Waals surface area contributed by atoms with Crippen LogP contribution in [0.4, 0.5) is 0 Å². The molecular formula is C13H14BrNO2. The molecule has 1 N–H and O–H groups in total. The predicted octanol–water partition coefficient (Wildman–Crippen LogP) is 2.73. The highest BCUT2D eigenvalue weighted by Crippen LogP contribution is 2.13. The van der Waals surface area contributed by atoms with Crippen molar-refractivity contribution in [3.8, 4) is 5.75 Å². The largest absolute Gasteiger partial charge is 0.497 e. The van der Waals surface area contributed by atoms with Crippen LogP contribution in [0, 0.1) is 0 Å². The minimum atomic E-state index is -0.159. The summed E-state index contributed by atoms with van der Waals surface area (Å²) in [7, 11) is 1.61. The number of hydrogen-bond acceptors (Lipinski definition) is 2. The van der Waals surface area contributed by atoms with Crippen molar-refractivity contribution in [2.75, 3.05) is 13.7 Å². The van der Waals surface area contributed by atoms with Crippen LogP contribution in [0.1, 0.15) is 5.56 Å². The summed E-state index contributed by atoms with van der Waals surface area (Å²) in [6.45, 7) is 4.05. The molecule has 1 amide bonds. The molecular weight excluding hydrogens is 282 g/mol. The summed E-state index contributed by atoms with van der Waals surface area (Å²) in [5.41, 5.74) is 0.914. The molecule has 0 aliphatic heterocycles. The molecule has 0 aromatic heterocycles. The molecule has 0 fully saturated rings. The Morgan fingerprint density at radius 2 is 2.35 bits per heavy atom. The Hall–Kier alpha value is -1.55. The summed E-state index contributed by atoms with van der Waals surface area (Å²) in [6, 6.07) is 7.48. The van der Waals surface area contributed by atoms with Gasteiger partial charge in [-0.1, -0.05) is 34.6 Å². The molecule has 3 nitrogen and oxygen atoms in total. The maximum absolute atomic E-state index is 11.4. The van der Waals surface area contributed by atoms with Gasteiger partial charge in [0.05, 0.1) is 7.11 Å². The molecule has 0 aliphatic carbocycles. The van der Waals surface area contributed by atoms with Gasteiger partial charge in [-0.25, -0.2) is 0 Å². The number of ether oxygens (including phenoxy) is 1. The van der Waals surface area contributed by atoms with Gasteiger partial charge in [0, 0.05) is 17.1 Å². The van der Waals surface area contributed by atoms with Crippen LogP contribution in [0.3, 0.4) is 0 Å². The zero-order valence-electron chi connectivity index (χ0n) is 9.57. The number of nitrogens with one attached hydrogen (secondary N) is 1. The Morgan fingerprint density at radius 3 is 3.00 bits per heavy atom. The van der Waals surface area contributed by atoms with Gasteiger partial charge in [-0.3, -0.25) is 4.79 Å². The van der Waals surface area contributed by atoms with Gasteiger partial charge in [0.25, 0.3) is 0 Å². The van der Waals surface area contributed by atoms with Crippen molar-refractivity contribution in [2.24, 2.45) is 0 Å². The zero-order valence-corrected chi connectivity index (χ0v) is 11.2. The Labute approximate surface area is 109 Å². The number of halogens is 1. The van der Waals surface area contributed by atoms with E-state index < -0.39 is 0 Å². The Balaban J connectivity index is 2.57. The van der Waals surface area contributed by atoms with E-state index in [1.54, 1.807) is 13.2 Å². The lowest BCUT2D eigenvalue weighted by molar-refractivity contribution is -0.116. The van der Waals surface area contributed by atoms with E-state index in [0.717, 1.165) is 15.8 Å². The van der Waals surface area contributed by atoms with Gasteiger partial charge in [-0.05, 0) is 23.8 Å². The van der Waals surface area contributed by atoms with Crippen LogP contribution in [-0.2, 0) is 4.79 Å². The molecule has 1 aromatic rings. The van der Waals surface area contributed by atoms with Crippen molar-refractivity contribution in [2.45, 2.75) is 0 Å². The molecule has 0 radical (unpaired) electrons. The molecule has 90 valence electrons. The summed E-state index contributed by atoms with van der Waals surface area (Å²) in [4.78, 5) is 11.4. The third-order valence-electron chi connectivity index (χ3n) is 1.98. The average Bonchev–Trinajstić information content (AvgIpc) is 2.34. The normalized spacial score (nSPS) is 10.2. The minimum Gasteiger partial charge on any atom is -0.497 e. The Kier molecular flexibility index (Phi) is 5.49. The summed E-state index contributed by atoms with van der Waals surface area (Å²) in [5.74, 6) is 0.606. The van der Waals surface area contributed by atoms with Crippen LogP contribution in [0.25, 0.3) is 6.08 Å². The van der Waals surface area contributed by atoms with Crippen molar-refractivity contribution >= 4 is 27.9 Å². The molecule has 17 heavy (non-hydrogen) atoms. The van der Waals surface area contributed by atoms with Crippen molar-refractivity contribution in [1.82, 2.24) is 5.32 Å². The molecule has 0 unspecified atom stereocenters. The second kappa shape index (κ2) is 6.91. The smallest absolute Gasteiger partial charge is 0.244 e. The lowest BCUT2D eigenvalue weighted by Crippen LogP contribution is -2.21. The second-order valence-electron chi connectivity index (χ2n) is 3.35. The maximum atomic E-state index is 11.4.